The Morgan fingerprint density at radius 2 is 2.07 bits per heavy atom. The van der Waals surface area contributed by atoms with Gasteiger partial charge in [-0.3, -0.25) is 4.90 Å². The maximum Gasteiger partial charge on any atom is 0.334 e. The number of aliphatic hydroxyl groups is 1. The highest BCUT2D eigenvalue weighted by atomic mass is 16.5. The second-order valence-corrected chi connectivity index (χ2v) is 7.50. The molecule has 0 aromatic carbocycles. The number of rotatable bonds is 6. The third-order valence-electron chi connectivity index (χ3n) is 5.83. The number of β-amino-alcohol motifs (C(OH)–C–C–N with tert-alkyl or cyclic N) is 1. The summed E-state index contributed by atoms with van der Waals surface area (Å²) in [4.78, 5) is 20.5. The highest BCUT2D eigenvalue weighted by Gasteiger charge is 2.26. The van der Waals surface area contributed by atoms with E-state index in [4.69, 9.17) is 10.00 Å². The largest absolute Gasteiger partial charge is 0.457 e. The van der Waals surface area contributed by atoms with Gasteiger partial charge in [-0.2, -0.15) is 5.26 Å². The first-order chi connectivity index (χ1) is 13.9. The average molecular weight is 396 g/mol. The van der Waals surface area contributed by atoms with Gasteiger partial charge in [0.05, 0.1) is 11.7 Å². The molecule has 1 unspecified atom stereocenters. The summed E-state index contributed by atoms with van der Waals surface area (Å²) in [5.74, 6) is 0.610. The van der Waals surface area contributed by atoms with Gasteiger partial charge in [-0.1, -0.05) is 6.92 Å². The molecule has 0 aliphatic carbocycles. The minimum Gasteiger partial charge on any atom is -0.457 e. The number of nitrogens with zero attached hydrogens (tertiary/aromatic N) is 4. The standard InChI is InChI=1S/C22H28N4O3/c1-4-18(15(2)19-14-29-22(28)16(19)3)20(27)13-25-7-9-26(10-8-25)21-6-5-17(11-23)12-24-21/h5-6,12,20,27H,4,7-10,13-14H2,1-3H3/b18-15+. The SMILES string of the molecule is CC/C(=C(/C)C1=C(C)C(=O)OC1)C(O)CN1CCN(c2ccc(C#N)cn2)CC1. The van der Waals surface area contributed by atoms with Crippen LogP contribution in [-0.2, 0) is 9.53 Å². The average Bonchev–Trinajstić information content (AvgIpc) is 3.07. The molecule has 1 atom stereocenters. The number of piperazine rings is 1. The van der Waals surface area contributed by atoms with E-state index >= 15 is 0 Å². The van der Waals surface area contributed by atoms with Crippen LogP contribution in [-0.4, -0.2) is 66.4 Å². The quantitative estimate of drug-likeness (QED) is 0.736. The maximum absolute atomic E-state index is 11.7. The summed E-state index contributed by atoms with van der Waals surface area (Å²) in [6, 6.07) is 5.75. The summed E-state index contributed by atoms with van der Waals surface area (Å²) < 4.78 is 5.12. The van der Waals surface area contributed by atoms with Gasteiger partial charge in [-0.05, 0) is 43.5 Å². The number of nitriles is 1. The monoisotopic (exact) mass is 396 g/mol. The minimum atomic E-state index is -0.574. The Balaban J connectivity index is 1.61. The number of aliphatic hydroxyl groups excluding tert-OH is 1. The number of hydrogen-bond donors (Lipinski definition) is 1. The number of pyridine rings is 1. The van der Waals surface area contributed by atoms with E-state index < -0.39 is 6.10 Å². The molecule has 0 spiro atoms. The third kappa shape index (κ3) is 4.66. The Hall–Kier alpha value is -2.69. The Labute approximate surface area is 171 Å². The molecular weight excluding hydrogens is 368 g/mol. The van der Waals surface area contributed by atoms with Gasteiger partial charge in [0.25, 0.3) is 0 Å². The fourth-order valence-electron chi connectivity index (χ4n) is 3.97. The predicted octanol–water partition coefficient (Wildman–Crippen LogP) is 2.04. The zero-order chi connectivity index (χ0) is 21.0. The topological polar surface area (TPSA) is 89.7 Å². The maximum atomic E-state index is 11.7. The molecule has 1 aromatic heterocycles. The van der Waals surface area contributed by atoms with Gasteiger partial charge >= 0.3 is 5.97 Å². The third-order valence-corrected chi connectivity index (χ3v) is 5.83. The lowest BCUT2D eigenvalue weighted by Crippen LogP contribution is -2.49. The fraction of sp³-hybridized carbons (Fsp3) is 0.500. The number of anilines is 1. The lowest BCUT2D eigenvalue weighted by atomic mass is 9.93. The minimum absolute atomic E-state index is 0.267. The smallest absolute Gasteiger partial charge is 0.334 e. The van der Waals surface area contributed by atoms with Crippen molar-refractivity contribution in [1.82, 2.24) is 9.88 Å². The van der Waals surface area contributed by atoms with Crippen LogP contribution < -0.4 is 4.90 Å². The molecule has 0 saturated carbocycles. The van der Waals surface area contributed by atoms with Crippen LogP contribution in [0.5, 0.6) is 0 Å². The molecule has 7 nitrogen and oxygen atoms in total. The fourth-order valence-corrected chi connectivity index (χ4v) is 3.97. The molecule has 154 valence electrons. The van der Waals surface area contributed by atoms with Crippen LogP contribution in [0.25, 0.3) is 0 Å². The van der Waals surface area contributed by atoms with E-state index in [9.17, 15) is 9.90 Å². The first-order valence-electron chi connectivity index (χ1n) is 10.0. The molecule has 3 heterocycles. The van der Waals surface area contributed by atoms with Crippen molar-refractivity contribution in [3.05, 3.63) is 46.2 Å². The van der Waals surface area contributed by atoms with E-state index in [2.05, 4.69) is 20.9 Å². The summed E-state index contributed by atoms with van der Waals surface area (Å²) in [7, 11) is 0. The van der Waals surface area contributed by atoms with Crippen LogP contribution in [0.1, 0.15) is 32.8 Å². The zero-order valence-electron chi connectivity index (χ0n) is 17.3. The molecule has 0 bridgehead atoms. The summed E-state index contributed by atoms with van der Waals surface area (Å²) in [6.45, 7) is 9.95. The second-order valence-electron chi connectivity index (χ2n) is 7.50. The predicted molar refractivity (Wildman–Crippen MR) is 110 cm³/mol. The molecule has 1 N–H and O–H groups in total. The zero-order valence-corrected chi connectivity index (χ0v) is 17.3. The van der Waals surface area contributed by atoms with Crippen molar-refractivity contribution >= 4 is 11.8 Å². The summed E-state index contributed by atoms with van der Waals surface area (Å²) >= 11 is 0. The molecular formula is C22H28N4O3. The molecule has 2 aliphatic rings. The normalized spacial score (nSPS) is 19.7. The molecule has 3 rings (SSSR count). The lowest BCUT2D eigenvalue weighted by molar-refractivity contribution is -0.135. The summed E-state index contributed by atoms with van der Waals surface area (Å²) in [5, 5.41) is 19.8. The van der Waals surface area contributed by atoms with Crippen molar-refractivity contribution in [2.24, 2.45) is 0 Å². The molecule has 7 heteroatoms. The van der Waals surface area contributed by atoms with Crippen molar-refractivity contribution < 1.29 is 14.6 Å². The van der Waals surface area contributed by atoms with Crippen LogP contribution in [0.2, 0.25) is 0 Å². The Bertz CT molecular complexity index is 859. The summed E-state index contributed by atoms with van der Waals surface area (Å²) in [5.41, 5.74) is 4.05. The number of cyclic esters (lactones) is 1. The van der Waals surface area contributed by atoms with Crippen LogP contribution in [0.3, 0.4) is 0 Å². The van der Waals surface area contributed by atoms with Gasteiger partial charge in [0.15, 0.2) is 0 Å². The highest BCUT2D eigenvalue weighted by molar-refractivity contribution is 5.92. The van der Waals surface area contributed by atoms with Gasteiger partial charge < -0.3 is 14.7 Å². The number of hydrogen-bond acceptors (Lipinski definition) is 7. The van der Waals surface area contributed by atoms with Crippen LogP contribution in [0.15, 0.2) is 40.6 Å². The molecule has 1 fully saturated rings. The molecule has 1 saturated heterocycles. The highest BCUT2D eigenvalue weighted by Crippen LogP contribution is 2.27. The van der Waals surface area contributed by atoms with Gasteiger partial charge in [0.2, 0.25) is 0 Å². The molecule has 29 heavy (non-hydrogen) atoms. The number of ether oxygens (including phenoxy) is 1. The van der Waals surface area contributed by atoms with E-state index in [1.165, 1.54) is 0 Å². The van der Waals surface area contributed by atoms with Gasteiger partial charge in [0, 0.05) is 50.1 Å². The molecule has 2 aliphatic heterocycles. The van der Waals surface area contributed by atoms with Crippen LogP contribution >= 0.6 is 0 Å². The number of carbonyl (C=O) groups is 1. The number of esters is 1. The Morgan fingerprint density at radius 1 is 1.34 bits per heavy atom. The van der Waals surface area contributed by atoms with E-state index in [-0.39, 0.29) is 5.97 Å². The summed E-state index contributed by atoms with van der Waals surface area (Å²) in [6.07, 6.45) is 1.75. The Kier molecular flexibility index (Phi) is 6.68. The molecule has 1 aromatic rings. The van der Waals surface area contributed by atoms with Gasteiger partial charge in [-0.25, -0.2) is 9.78 Å². The second kappa shape index (κ2) is 9.21. The Morgan fingerprint density at radius 3 is 2.59 bits per heavy atom. The van der Waals surface area contributed by atoms with Crippen molar-refractivity contribution in [3.8, 4) is 6.07 Å². The molecule has 0 amide bonds. The van der Waals surface area contributed by atoms with Crippen LogP contribution in [0.4, 0.5) is 5.82 Å². The first kappa shape index (κ1) is 21.0. The van der Waals surface area contributed by atoms with E-state index in [1.54, 1.807) is 19.2 Å². The number of aromatic nitrogens is 1. The van der Waals surface area contributed by atoms with Crippen molar-refractivity contribution in [3.63, 3.8) is 0 Å². The van der Waals surface area contributed by atoms with Crippen molar-refractivity contribution in [2.75, 3.05) is 44.2 Å². The van der Waals surface area contributed by atoms with Crippen LogP contribution in [0, 0.1) is 11.3 Å². The van der Waals surface area contributed by atoms with Gasteiger partial charge in [-0.15, -0.1) is 0 Å². The lowest BCUT2D eigenvalue weighted by Gasteiger charge is -2.36. The van der Waals surface area contributed by atoms with E-state index in [1.807, 2.05) is 19.9 Å². The number of carbonyl (C=O) groups excluding carboxylic acids is 1. The molecule has 0 radical (unpaired) electrons. The van der Waals surface area contributed by atoms with E-state index in [0.29, 0.717) is 24.3 Å². The van der Waals surface area contributed by atoms with Crippen molar-refractivity contribution in [2.45, 2.75) is 33.3 Å². The van der Waals surface area contributed by atoms with Gasteiger partial charge in [0.1, 0.15) is 18.5 Å². The first-order valence-corrected chi connectivity index (χ1v) is 10.0. The van der Waals surface area contributed by atoms with Crippen molar-refractivity contribution in [1.29, 1.82) is 5.26 Å². The van der Waals surface area contributed by atoms with E-state index in [0.717, 1.165) is 55.1 Å².